The van der Waals surface area contributed by atoms with Crippen LogP contribution in [0.3, 0.4) is 0 Å². The normalized spacial score (nSPS) is 35.9. The minimum absolute atomic E-state index is 0.811. The Hall–Kier alpha value is 0.0500. The zero-order chi connectivity index (χ0) is 9.10. The third-order valence-electron chi connectivity index (χ3n) is 3.29. The van der Waals surface area contributed by atoms with E-state index in [-0.39, 0.29) is 0 Å². The average Bonchev–Trinajstić information content (AvgIpc) is 2.47. The molecular formula is C11H19NS. The van der Waals surface area contributed by atoms with Crippen LogP contribution in [-0.4, -0.2) is 24.6 Å². The van der Waals surface area contributed by atoms with Crippen molar-refractivity contribution in [3.63, 3.8) is 0 Å². The third-order valence-corrected chi connectivity index (χ3v) is 3.99. The average molecular weight is 197 g/mol. The van der Waals surface area contributed by atoms with Crippen molar-refractivity contribution >= 4 is 11.8 Å². The lowest BCUT2D eigenvalue weighted by Crippen LogP contribution is -2.48. The molecule has 0 bridgehead atoms. The lowest BCUT2D eigenvalue weighted by molar-refractivity contribution is 0.164. The summed E-state index contributed by atoms with van der Waals surface area (Å²) in [4.78, 5) is 0. The first kappa shape index (κ1) is 9.60. The van der Waals surface area contributed by atoms with Gasteiger partial charge in [-0.2, -0.15) is 11.8 Å². The van der Waals surface area contributed by atoms with Gasteiger partial charge in [-0.05, 0) is 49.7 Å². The maximum Gasteiger partial charge on any atom is 0.0136 e. The van der Waals surface area contributed by atoms with Gasteiger partial charge in [-0.15, -0.1) is 0 Å². The van der Waals surface area contributed by atoms with E-state index in [1.807, 2.05) is 11.8 Å². The van der Waals surface area contributed by atoms with Gasteiger partial charge in [0.05, 0.1) is 0 Å². The summed E-state index contributed by atoms with van der Waals surface area (Å²) in [6, 6.07) is 0.811. The number of rotatable bonds is 5. The SMILES string of the molecule is CSCCCNC1CC2CC=CC21. The molecule has 0 aliphatic heterocycles. The highest BCUT2D eigenvalue weighted by Crippen LogP contribution is 2.42. The van der Waals surface area contributed by atoms with Gasteiger partial charge >= 0.3 is 0 Å². The molecule has 0 aromatic heterocycles. The van der Waals surface area contributed by atoms with Gasteiger partial charge in [0.2, 0.25) is 0 Å². The molecule has 0 radical (unpaired) electrons. The van der Waals surface area contributed by atoms with Gasteiger partial charge in [-0.25, -0.2) is 0 Å². The Bertz CT molecular complexity index is 191. The van der Waals surface area contributed by atoms with Crippen molar-refractivity contribution in [1.29, 1.82) is 0 Å². The predicted octanol–water partition coefficient (Wildman–Crippen LogP) is 2.29. The standard InChI is InChI=1S/C11H19NS/c1-13-7-3-6-12-11-8-9-4-2-5-10(9)11/h2,5,9-12H,3-4,6-8H2,1H3. The molecule has 3 unspecified atom stereocenters. The lowest BCUT2D eigenvalue weighted by Gasteiger charge is -2.40. The first-order valence-electron chi connectivity index (χ1n) is 5.31. The molecule has 0 amide bonds. The van der Waals surface area contributed by atoms with Gasteiger partial charge in [0.25, 0.3) is 0 Å². The van der Waals surface area contributed by atoms with Crippen LogP contribution in [-0.2, 0) is 0 Å². The van der Waals surface area contributed by atoms with Crippen LogP contribution >= 0.6 is 11.8 Å². The summed E-state index contributed by atoms with van der Waals surface area (Å²) in [5.74, 6) is 3.18. The molecule has 2 heteroatoms. The molecule has 0 heterocycles. The Morgan fingerprint density at radius 3 is 3.23 bits per heavy atom. The number of fused-ring (bicyclic) bond motifs is 1. The van der Waals surface area contributed by atoms with Crippen molar-refractivity contribution in [3.05, 3.63) is 12.2 Å². The summed E-state index contributed by atoms with van der Waals surface area (Å²) in [5, 5.41) is 3.66. The largest absolute Gasteiger partial charge is 0.313 e. The first-order chi connectivity index (χ1) is 6.42. The van der Waals surface area contributed by atoms with E-state index in [2.05, 4.69) is 23.7 Å². The van der Waals surface area contributed by atoms with Crippen molar-refractivity contribution in [2.75, 3.05) is 18.6 Å². The molecule has 1 fully saturated rings. The Kier molecular flexibility index (Phi) is 3.33. The van der Waals surface area contributed by atoms with E-state index in [1.165, 1.54) is 31.6 Å². The molecule has 0 aromatic carbocycles. The molecule has 1 N–H and O–H groups in total. The number of hydrogen-bond acceptors (Lipinski definition) is 2. The third kappa shape index (κ3) is 2.10. The summed E-state index contributed by atoms with van der Waals surface area (Å²) in [6.07, 6.45) is 11.0. The van der Waals surface area contributed by atoms with Crippen LogP contribution in [0.5, 0.6) is 0 Å². The second-order valence-electron chi connectivity index (χ2n) is 4.14. The van der Waals surface area contributed by atoms with Crippen LogP contribution in [0.4, 0.5) is 0 Å². The molecule has 1 saturated carbocycles. The van der Waals surface area contributed by atoms with Gasteiger partial charge in [0, 0.05) is 6.04 Å². The summed E-state index contributed by atoms with van der Waals surface area (Å²) in [7, 11) is 0. The van der Waals surface area contributed by atoms with Gasteiger partial charge in [0.1, 0.15) is 0 Å². The van der Waals surface area contributed by atoms with Crippen LogP contribution < -0.4 is 5.32 Å². The molecule has 1 nitrogen and oxygen atoms in total. The second kappa shape index (κ2) is 4.52. The highest BCUT2D eigenvalue weighted by atomic mass is 32.2. The molecule has 13 heavy (non-hydrogen) atoms. The van der Waals surface area contributed by atoms with Gasteiger partial charge < -0.3 is 5.32 Å². The van der Waals surface area contributed by atoms with Gasteiger partial charge in [-0.1, -0.05) is 12.2 Å². The van der Waals surface area contributed by atoms with E-state index in [0.717, 1.165) is 17.9 Å². The van der Waals surface area contributed by atoms with Crippen molar-refractivity contribution in [3.8, 4) is 0 Å². The summed E-state index contributed by atoms with van der Waals surface area (Å²) < 4.78 is 0. The summed E-state index contributed by atoms with van der Waals surface area (Å²) in [6.45, 7) is 1.21. The zero-order valence-corrected chi connectivity index (χ0v) is 9.15. The maximum absolute atomic E-state index is 3.66. The monoisotopic (exact) mass is 197 g/mol. The molecule has 0 saturated heterocycles. The number of allylic oxidation sites excluding steroid dienone is 1. The minimum atomic E-state index is 0.811. The van der Waals surface area contributed by atoms with Gasteiger partial charge in [-0.3, -0.25) is 0 Å². The number of hydrogen-bond donors (Lipinski definition) is 1. The van der Waals surface area contributed by atoms with Crippen LogP contribution in [0.25, 0.3) is 0 Å². The minimum Gasteiger partial charge on any atom is -0.313 e. The van der Waals surface area contributed by atoms with E-state index in [0.29, 0.717) is 0 Å². The fourth-order valence-electron chi connectivity index (χ4n) is 2.45. The lowest BCUT2D eigenvalue weighted by atomic mass is 9.71. The fourth-order valence-corrected chi connectivity index (χ4v) is 2.88. The maximum atomic E-state index is 3.66. The topological polar surface area (TPSA) is 12.0 Å². The van der Waals surface area contributed by atoms with Crippen LogP contribution in [0.1, 0.15) is 19.3 Å². The molecule has 0 spiro atoms. The Balaban J connectivity index is 1.59. The molecule has 74 valence electrons. The number of nitrogens with one attached hydrogen (secondary N) is 1. The first-order valence-corrected chi connectivity index (χ1v) is 6.70. The van der Waals surface area contributed by atoms with E-state index in [4.69, 9.17) is 0 Å². The van der Waals surface area contributed by atoms with Crippen molar-refractivity contribution < 1.29 is 0 Å². The van der Waals surface area contributed by atoms with Crippen molar-refractivity contribution in [2.24, 2.45) is 11.8 Å². The summed E-state index contributed by atoms with van der Waals surface area (Å²) in [5.41, 5.74) is 0. The Morgan fingerprint density at radius 2 is 2.46 bits per heavy atom. The van der Waals surface area contributed by atoms with E-state index in [9.17, 15) is 0 Å². The predicted molar refractivity (Wildman–Crippen MR) is 60.1 cm³/mol. The van der Waals surface area contributed by atoms with E-state index >= 15 is 0 Å². The van der Waals surface area contributed by atoms with Crippen molar-refractivity contribution in [2.45, 2.75) is 25.3 Å². The van der Waals surface area contributed by atoms with E-state index < -0.39 is 0 Å². The molecule has 2 aliphatic carbocycles. The van der Waals surface area contributed by atoms with Crippen LogP contribution in [0, 0.1) is 11.8 Å². The second-order valence-corrected chi connectivity index (χ2v) is 5.13. The van der Waals surface area contributed by atoms with Crippen LogP contribution in [0.15, 0.2) is 12.2 Å². The van der Waals surface area contributed by atoms with Crippen LogP contribution in [0.2, 0.25) is 0 Å². The Morgan fingerprint density at radius 1 is 1.54 bits per heavy atom. The zero-order valence-electron chi connectivity index (χ0n) is 8.33. The molecule has 3 atom stereocenters. The fraction of sp³-hybridized carbons (Fsp3) is 0.818. The quantitative estimate of drug-likeness (QED) is 0.536. The van der Waals surface area contributed by atoms with E-state index in [1.54, 1.807) is 0 Å². The highest BCUT2D eigenvalue weighted by molar-refractivity contribution is 7.98. The smallest absolute Gasteiger partial charge is 0.0136 e. The highest BCUT2D eigenvalue weighted by Gasteiger charge is 2.40. The number of thioether (sulfide) groups is 1. The molecule has 0 aromatic rings. The molecule has 2 rings (SSSR count). The molecular weight excluding hydrogens is 178 g/mol. The van der Waals surface area contributed by atoms with Crippen molar-refractivity contribution in [1.82, 2.24) is 5.32 Å². The molecule has 2 aliphatic rings. The van der Waals surface area contributed by atoms with Gasteiger partial charge in [0.15, 0.2) is 0 Å². The Labute approximate surface area is 85.4 Å². The summed E-state index contributed by atoms with van der Waals surface area (Å²) >= 11 is 1.94.